The number of H-pyrrole nitrogens is 1. The van der Waals surface area contributed by atoms with Crippen molar-refractivity contribution in [2.75, 3.05) is 5.32 Å². The van der Waals surface area contributed by atoms with Gasteiger partial charge in [0.2, 0.25) is 11.8 Å². The molecule has 0 radical (unpaired) electrons. The van der Waals surface area contributed by atoms with E-state index >= 15 is 0 Å². The number of rotatable bonds is 6. The van der Waals surface area contributed by atoms with Gasteiger partial charge in [-0.15, -0.1) is 5.10 Å². The number of hydrogen-bond donors (Lipinski definition) is 2. The summed E-state index contributed by atoms with van der Waals surface area (Å²) in [6.07, 6.45) is -4.00. The maximum atomic E-state index is 14.2. The van der Waals surface area contributed by atoms with E-state index in [1.54, 1.807) is 11.2 Å². The highest BCUT2D eigenvalue weighted by Gasteiger charge is 2.35. The van der Waals surface area contributed by atoms with E-state index in [9.17, 15) is 26.7 Å². The number of hydrogen-bond acceptors (Lipinski definition) is 7. The molecule has 9 nitrogen and oxygen atoms in total. The predicted molar refractivity (Wildman–Crippen MR) is 103 cm³/mol. The van der Waals surface area contributed by atoms with E-state index in [1.807, 2.05) is 0 Å². The van der Waals surface area contributed by atoms with Crippen molar-refractivity contribution in [2.45, 2.75) is 19.6 Å². The Morgan fingerprint density at radius 1 is 1.15 bits per heavy atom. The van der Waals surface area contributed by atoms with Gasteiger partial charge in [0.05, 0.1) is 12.7 Å². The van der Waals surface area contributed by atoms with Gasteiger partial charge in [0.15, 0.2) is 23.2 Å². The molecule has 0 unspecified atom stereocenters. The normalized spacial score (nSPS) is 11.6. The summed E-state index contributed by atoms with van der Waals surface area (Å²) in [6.45, 7) is 1.23. The molecule has 0 saturated heterocycles. The van der Waals surface area contributed by atoms with Gasteiger partial charge in [-0.05, 0) is 12.1 Å². The van der Waals surface area contributed by atoms with Gasteiger partial charge in [0.1, 0.15) is 17.2 Å². The highest BCUT2D eigenvalue weighted by Crippen LogP contribution is 2.27. The van der Waals surface area contributed by atoms with Gasteiger partial charge in [-0.2, -0.15) is 23.3 Å². The van der Waals surface area contributed by atoms with Crippen LogP contribution in [0.5, 0.6) is 0 Å². The van der Waals surface area contributed by atoms with E-state index in [0.717, 1.165) is 6.20 Å². The Hall–Kier alpha value is -4.23. The van der Waals surface area contributed by atoms with Crippen LogP contribution < -0.4 is 5.32 Å². The van der Waals surface area contributed by atoms with Crippen molar-refractivity contribution in [3.05, 3.63) is 65.2 Å². The maximum absolute atomic E-state index is 14.2. The zero-order valence-corrected chi connectivity index (χ0v) is 16.7. The van der Waals surface area contributed by atoms with E-state index < -0.39 is 35.4 Å². The Labute approximate surface area is 181 Å². The van der Waals surface area contributed by atoms with Crippen LogP contribution in [0.1, 0.15) is 28.8 Å². The van der Waals surface area contributed by atoms with E-state index in [2.05, 4.69) is 30.5 Å². The van der Waals surface area contributed by atoms with E-state index in [0.29, 0.717) is 0 Å². The quantitative estimate of drug-likeness (QED) is 0.330. The second-order valence-electron chi connectivity index (χ2n) is 6.74. The van der Waals surface area contributed by atoms with E-state index in [4.69, 9.17) is 0 Å². The molecule has 14 heteroatoms. The Balaban J connectivity index is 1.66. The number of carbonyl (C=O) groups excluding carboxylic acids is 1. The van der Waals surface area contributed by atoms with Crippen molar-refractivity contribution in [2.24, 2.45) is 0 Å². The molecule has 0 amide bonds. The second kappa shape index (κ2) is 8.37. The molecule has 0 aliphatic rings. The standard InChI is InChI=1S/C19H13F5N8O/c1-9(33)14-6-13(31-32(14)8-10-4-2-3-5-11(10)20)16-25-7-12(21)15(26-16)27-18-28-17(29-30-18)19(22,23)24/h2-7H,8H2,1H3,(H2,25,26,27,28,29,30). The molecule has 0 spiro atoms. The van der Waals surface area contributed by atoms with Crippen molar-refractivity contribution >= 4 is 17.5 Å². The summed E-state index contributed by atoms with van der Waals surface area (Å²) in [5.74, 6) is -4.45. The molecule has 1 aromatic carbocycles. The molecule has 0 fully saturated rings. The Morgan fingerprint density at radius 3 is 2.58 bits per heavy atom. The number of benzene rings is 1. The number of carbonyl (C=O) groups is 1. The van der Waals surface area contributed by atoms with Crippen LogP contribution in [0, 0.1) is 11.6 Å². The molecule has 2 N–H and O–H groups in total. The first kappa shape index (κ1) is 22.0. The lowest BCUT2D eigenvalue weighted by atomic mass is 10.2. The molecular formula is C19H13F5N8O. The summed E-state index contributed by atoms with van der Waals surface area (Å²) in [6, 6.07) is 7.29. The number of halogens is 5. The van der Waals surface area contributed by atoms with Crippen LogP contribution in [0.25, 0.3) is 11.5 Å². The first-order valence-corrected chi connectivity index (χ1v) is 9.23. The number of alkyl halides is 3. The van der Waals surface area contributed by atoms with Crippen molar-refractivity contribution in [1.29, 1.82) is 0 Å². The Morgan fingerprint density at radius 2 is 1.91 bits per heavy atom. The maximum Gasteiger partial charge on any atom is 0.451 e. The van der Waals surface area contributed by atoms with Crippen molar-refractivity contribution < 1.29 is 26.7 Å². The molecule has 0 saturated carbocycles. The minimum absolute atomic E-state index is 0.0607. The predicted octanol–water partition coefficient (Wildman–Crippen LogP) is 3.75. The molecule has 0 aliphatic carbocycles. The van der Waals surface area contributed by atoms with Crippen LogP contribution >= 0.6 is 0 Å². The summed E-state index contributed by atoms with van der Waals surface area (Å²) in [5, 5.41) is 11.5. The Kier molecular flexibility index (Phi) is 5.57. The third-order valence-corrected chi connectivity index (χ3v) is 4.38. The summed E-state index contributed by atoms with van der Waals surface area (Å²) < 4.78 is 67.4. The fourth-order valence-corrected chi connectivity index (χ4v) is 2.85. The molecule has 0 bridgehead atoms. The van der Waals surface area contributed by atoms with Gasteiger partial charge in [-0.3, -0.25) is 14.6 Å². The molecule has 0 aliphatic heterocycles. The van der Waals surface area contributed by atoms with Crippen molar-refractivity contribution in [1.82, 2.24) is 34.9 Å². The zero-order valence-electron chi connectivity index (χ0n) is 16.7. The number of anilines is 2. The number of aromatic amines is 1. The van der Waals surface area contributed by atoms with Gasteiger partial charge in [-0.25, -0.2) is 18.7 Å². The molecule has 3 aromatic heterocycles. The van der Waals surface area contributed by atoms with Crippen LogP contribution in [0.2, 0.25) is 0 Å². The lowest BCUT2D eigenvalue weighted by molar-refractivity contribution is -0.144. The minimum atomic E-state index is -4.77. The highest BCUT2D eigenvalue weighted by molar-refractivity contribution is 5.93. The van der Waals surface area contributed by atoms with Crippen molar-refractivity contribution in [3.8, 4) is 11.5 Å². The van der Waals surface area contributed by atoms with Crippen LogP contribution in [-0.4, -0.2) is 40.7 Å². The molecule has 4 rings (SSSR count). The third-order valence-electron chi connectivity index (χ3n) is 4.38. The summed E-state index contributed by atoms with van der Waals surface area (Å²) in [5.41, 5.74) is 0.465. The largest absolute Gasteiger partial charge is 0.451 e. The van der Waals surface area contributed by atoms with Crippen LogP contribution in [0.3, 0.4) is 0 Å². The topological polar surface area (TPSA) is 114 Å². The van der Waals surface area contributed by atoms with Gasteiger partial charge in [0.25, 0.3) is 0 Å². The summed E-state index contributed by atoms with van der Waals surface area (Å²) in [4.78, 5) is 23.0. The first-order valence-electron chi connectivity index (χ1n) is 9.23. The SMILES string of the molecule is CC(=O)c1cc(-c2ncc(F)c(Nc3n[nH]c(C(F)(F)F)n3)n2)nn1Cc1ccccc1F. The fraction of sp³-hybridized carbons (Fsp3) is 0.158. The van der Waals surface area contributed by atoms with Crippen molar-refractivity contribution in [3.63, 3.8) is 0 Å². The summed E-state index contributed by atoms with van der Waals surface area (Å²) >= 11 is 0. The molecule has 0 atom stereocenters. The lowest BCUT2D eigenvalue weighted by Crippen LogP contribution is -2.10. The third kappa shape index (κ3) is 4.68. The van der Waals surface area contributed by atoms with Gasteiger partial charge in [-0.1, -0.05) is 18.2 Å². The van der Waals surface area contributed by atoms with E-state index in [1.165, 1.54) is 35.9 Å². The molecule has 4 aromatic rings. The second-order valence-corrected chi connectivity index (χ2v) is 6.74. The Bertz CT molecular complexity index is 1330. The van der Waals surface area contributed by atoms with Crippen LogP contribution in [0.15, 0.2) is 36.5 Å². The average Bonchev–Trinajstić information content (AvgIpc) is 3.39. The highest BCUT2D eigenvalue weighted by atomic mass is 19.4. The minimum Gasteiger partial charge on any atom is -0.305 e. The van der Waals surface area contributed by atoms with Crippen LogP contribution in [0.4, 0.5) is 33.7 Å². The number of nitrogens with one attached hydrogen (secondary N) is 2. The molecule has 33 heavy (non-hydrogen) atoms. The lowest BCUT2D eigenvalue weighted by Gasteiger charge is -2.06. The number of nitrogens with zero attached hydrogens (tertiary/aromatic N) is 6. The van der Waals surface area contributed by atoms with Gasteiger partial charge < -0.3 is 5.32 Å². The monoisotopic (exact) mass is 464 g/mol. The smallest absolute Gasteiger partial charge is 0.305 e. The average molecular weight is 464 g/mol. The van der Waals surface area contributed by atoms with Crippen LogP contribution in [-0.2, 0) is 12.7 Å². The zero-order chi connectivity index (χ0) is 23.8. The number of ketones is 1. The molecule has 170 valence electrons. The number of aromatic nitrogens is 7. The first-order chi connectivity index (χ1) is 15.6. The molecular weight excluding hydrogens is 451 g/mol. The fourth-order valence-electron chi connectivity index (χ4n) is 2.85. The van der Waals surface area contributed by atoms with Gasteiger partial charge >= 0.3 is 6.18 Å². The van der Waals surface area contributed by atoms with E-state index in [-0.39, 0.29) is 35.1 Å². The van der Waals surface area contributed by atoms with Gasteiger partial charge in [0, 0.05) is 12.5 Å². The summed E-state index contributed by atoms with van der Waals surface area (Å²) in [7, 11) is 0. The molecule has 3 heterocycles. The number of Topliss-reactive ketones (excluding diaryl/α,β-unsaturated/α-hetero) is 1.